The predicted molar refractivity (Wildman–Crippen MR) is 119 cm³/mol. The van der Waals surface area contributed by atoms with Crippen molar-refractivity contribution in [3.63, 3.8) is 0 Å². The second-order valence-corrected chi connectivity index (χ2v) is 7.81. The maximum absolute atomic E-state index is 13.3. The highest BCUT2D eigenvalue weighted by Crippen LogP contribution is 2.43. The molecule has 3 rings (SSSR count). The number of aliphatic imine (C=N–C) groups is 1. The summed E-state index contributed by atoms with van der Waals surface area (Å²) in [5.41, 5.74) is 1.35. The number of hydrogen-bond acceptors (Lipinski definition) is 2. The molecule has 0 unspecified atom stereocenters. The monoisotopic (exact) mass is 489 g/mol. The molecule has 2 aliphatic rings. The number of nitrogens with one attached hydrogen (secondary N) is 1. The van der Waals surface area contributed by atoms with Gasteiger partial charge in [0.15, 0.2) is 5.96 Å². The summed E-state index contributed by atoms with van der Waals surface area (Å²) < 4.78 is 18.7. The van der Waals surface area contributed by atoms with Crippen LogP contribution in [-0.2, 0) is 10.2 Å². The first kappa shape index (κ1) is 22.4. The van der Waals surface area contributed by atoms with E-state index in [1.807, 2.05) is 19.2 Å². The average Bonchev–Trinajstić information content (AvgIpc) is 2.64. The van der Waals surface area contributed by atoms with Gasteiger partial charge in [0.2, 0.25) is 0 Å². The molecule has 0 spiro atoms. The van der Waals surface area contributed by atoms with Gasteiger partial charge in [0.05, 0.1) is 0 Å². The first-order valence-corrected chi connectivity index (χ1v) is 9.88. The zero-order valence-corrected chi connectivity index (χ0v) is 18.9. The standard InChI is InChI=1S/C21H32FN3O.HI/c1-23-20(25(2)13-8-17-9-14-26-15-10-17)24-16-21(11-3-12-21)18-4-6-19(22)7-5-18;/h4-7,17H,3,8-16H2,1-2H3,(H,23,24);1H. The maximum Gasteiger partial charge on any atom is 0.193 e. The van der Waals surface area contributed by atoms with Gasteiger partial charge in [-0.2, -0.15) is 0 Å². The molecule has 6 heteroatoms. The molecule has 1 N–H and O–H groups in total. The number of ether oxygens (including phenoxy) is 1. The second-order valence-electron chi connectivity index (χ2n) is 7.81. The molecule has 0 radical (unpaired) electrons. The van der Waals surface area contributed by atoms with Crippen LogP contribution in [0.4, 0.5) is 4.39 Å². The summed E-state index contributed by atoms with van der Waals surface area (Å²) in [6.45, 7) is 3.67. The maximum atomic E-state index is 13.3. The van der Waals surface area contributed by atoms with Crippen LogP contribution in [-0.4, -0.2) is 51.3 Å². The van der Waals surface area contributed by atoms with Gasteiger partial charge in [0.25, 0.3) is 0 Å². The van der Waals surface area contributed by atoms with Crippen molar-refractivity contribution in [3.8, 4) is 0 Å². The third kappa shape index (κ3) is 5.79. The van der Waals surface area contributed by atoms with Gasteiger partial charge >= 0.3 is 0 Å². The van der Waals surface area contributed by atoms with Gasteiger partial charge in [-0.05, 0) is 55.7 Å². The van der Waals surface area contributed by atoms with E-state index < -0.39 is 0 Å². The Morgan fingerprint density at radius 3 is 2.48 bits per heavy atom. The molecule has 1 heterocycles. The van der Waals surface area contributed by atoms with Gasteiger partial charge < -0.3 is 15.0 Å². The summed E-state index contributed by atoms with van der Waals surface area (Å²) in [6, 6.07) is 7.02. The van der Waals surface area contributed by atoms with Crippen LogP contribution in [0.1, 0.15) is 44.1 Å². The molecule has 0 bridgehead atoms. The van der Waals surface area contributed by atoms with E-state index in [2.05, 4.69) is 22.3 Å². The summed E-state index contributed by atoms with van der Waals surface area (Å²) in [4.78, 5) is 6.70. The third-order valence-corrected chi connectivity index (χ3v) is 6.14. The normalized spacial score (nSPS) is 19.7. The summed E-state index contributed by atoms with van der Waals surface area (Å²) in [7, 11) is 3.96. The lowest BCUT2D eigenvalue weighted by Crippen LogP contribution is -2.49. The molecule has 1 aromatic carbocycles. The first-order valence-electron chi connectivity index (χ1n) is 9.88. The minimum atomic E-state index is -0.167. The zero-order valence-electron chi connectivity index (χ0n) is 16.5. The zero-order chi connectivity index (χ0) is 18.4. The minimum absolute atomic E-state index is 0. The highest BCUT2D eigenvalue weighted by atomic mass is 127. The van der Waals surface area contributed by atoms with Crippen molar-refractivity contribution in [3.05, 3.63) is 35.6 Å². The molecule has 4 nitrogen and oxygen atoms in total. The van der Waals surface area contributed by atoms with Crippen LogP contribution in [0.2, 0.25) is 0 Å². The Kier molecular flexibility index (Phi) is 8.79. The van der Waals surface area contributed by atoms with E-state index in [1.165, 1.54) is 31.2 Å². The minimum Gasteiger partial charge on any atom is -0.381 e. The van der Waals surface area contributed by atoms with Crippen LogP contribution < -0.4 is 5.32 Å². The van der Waals surface area contributed by atoms with Crippen molar-refractivity contribution < 1.29 is 9.13 Å². The van der Waals surface area contributed by atoms with Crippen molar-refractivity contribution in [2.75, 3.05) is 40.4 Å². The number of hydrogen-bond donors (Lipinski definition) is 1. The number of rotatable bonds is 6. The Bertz CT molecular complexity index is 598. The average molecular weight is 489 g/mol. The molecule has 27 heavy (non-hydrogen) atoms. The predicted octanol–water partition coefficient (Wildman–Crippen LogP) is 4.19. The van der Waals surface area contributed by atoms with Crippen LogP contribution >= 0.6 is 24.0 Å². The molecule has 1 saturated carbocycles. The Balaban J connectivity index is 0.00000261. The molecular weight excluding hydrogens is 456 g/mol. The van der Waals surface area contributed by atoms with E-state index in [1.54, 1.807) is 12.1 Å². The van der Waals surface area contributed by atoms with E-state index in [0.717, 1.165) is 51.0 Å². The van der Waals surface area contributed by atoms with Crippen LogP contribution in [0.25, 0.3) is 0 Å². The smallest absolute Gasteiger partial charge is 0.193 e. The number of benzene rings is 1. The van der Waals surface area contributed by atoms with Gasteiger partial charge in [0.1, 0.15) is 5.82 Å². The lowest BCUT2D eigenvalue weighted by atomic mass is 9.64. The molecule has 1 aromatic rings. The summed E-state index contributed by atoms with van der Waals surface area (Å²) in [5, 5.41) is 3.57. The van der Waals surface area contributed by atoms with E-state index >= 15 is 0 Å². The Morgan fingerprint density at radius 2 is 1.93 bits per heavy atom. The van der Waals surface area contributed by atoms with Crippen molar-refractivity contribution in [2.45, 2.75) is 43.9 Å². The quantitative estimate of drug-likeness (QED) is 0.370. The molecule has 1 saturated heterocycles. The summed E-state index contributed by atoms with van der Waals surface area (Å²) in [6.07, 6.45) is 7.06. The highest BCUT2D eigenvalue weighted by Gasteiger charge is 2.38. The van der Waals surface area contributed by atoms with Crippen LogP contribution in [0.5, 0.6) is 0 Å². The fourth-order valence-electron chi connectivity index (χ4n) is 4.12. The lowest BCUT2D eigenvalue weighted by Gasteiger charge is -2.43. The molecule has 0 atom stereocenters. The van der Waals surface area contributed by atoms with Gasteiger partial charge in [-0.3, -0.25) is 4.99 Å². The van der Waals surface area contributed by atoms with E-state index in [0.29, 0.717) is 0 Å². The fourth-order valence-corrected chi connectivity index (χ4v) is 4.12. The second kappa shape index (κ2) is 10.6. The largest absolute Gasteiger partial charge is 0.381 e. The molecule has 0 amide bonds. The Morgan fingerprint density at radius 1 is 1.26 bits per heavy atom. The molecule has 0 aromatic heterocycles. The molecular formula is C21H33FIN3O. The number of halogens is 2. The number of guanidine groups is 1. The lowest BCUT2D eigenvalue weighted by molar-refractivity contribution is 0.0625. The van der Waals surface area contributed by atoms with Gasteiger partial charge in [-0.1, -0.05) is 18.6 Å². The Labute approximate surface area is 180 Å². The van der Waals surface area contributed by atoms with Gasteiger partial charge in [0, 0.05) is 45.8 Å². The highest BCUT2D eigenvalue weighted by molar-refractivity contribution is 14.0. The SMILES string of the molecule is CN=C(NCC1(c2ccc(F)cc2)CCC1)N(C)CCC1CCOCC1.I. The fraction of sp³-hybridized carbons (Fsp3) is 0.667. The summed E-state index contributed by atoms with van der Waals surface area (Å²) in [5.74, 6) is 1.55. The van der Waals surface area contributed by atoms with Gasteiger partial charge in [-0.15, -0.1) is 24.0 Å². The van der Waals surface area contributed by atoms with E-state index in [9.17, 15) is 4.39 Å². The molecule has 152 valence electrons. The van der Waals surface area contributed by atoms with Crippen molar-refractivity contribution >= 4 is 29.9 Å². The number of nitrogens with zero attached hydrogens (tertiary/aromatic N) is 2. The van der Waals surface area contributed by atoms with Crippen molar-refractivity contribution in [1.29, 1.82) is 0 Å². The molecule has 1 aliphatic carbocycles. The third-order valence-electron chi connectivity index (χ3n) is 6.14. The molecule has 2 fully saturated rings. The van der Waals surface area contributed by atoms with Gasteiger partial charge in [-0.25, -0.2) is 4.39 Å². The van der Waals surface area contributed by atoms with E-state index in [-0.39, 0.29) is 35.2 Å². The first-order chi connectivity index (χ1) is 12.6. The van der Waals surface area contributed by atoms with Crippen molar-refractivity contribution in [2.24, 2.45) is 10.9 Å². The topological polar surface area (TPSA) is 36.9 Å². The van der Waals surface area contributed by atoms with Crippen LogP contribution in [0.15, 0.2) is 29.3 Å². The summed E-state index contributed by atoms with van der Waals surface area (Å²) >= 11 is 0. The van der Waals surface area contributed by atoms with Crippen LogP contribution in [0, 0.1) is 11.7 Å². The van der Waals surface area contributed by atoms with E-state index in [4.69, 9.17) is 4.74 Å². The van der Waals surface area contributed by atoms with Crippen molar-refractivity contribution in [1.82, 2.24) is 10.2 Å². The van der Waals surface area contributed by atoms with Crippen LogP contribution in [0.3, 0.4) is 0 Å². The Hall–Kier alpha value is -0.890. The molecule has 1 aliphatic heterocycles.